The van der Waals surface area contributed by atoms with Crippen LogP contribution in [0.4, 0.5) is 5.69 Å². The van der Waals surface area contributed by atoms with Crippen LogP contribution >= 0.6 is 0 Å². The fraction of sp³-hybridized carbons (Fsp3) is 0.440. The second-order valence-corrected chi connectivity index (χ2v) is 11.6. The third-order valence-corrected chi connectivity index (χ3v) is 6.69. The Morgan fingerprint density at radius 3 is 2.47 bits per heavy atom. The van der Waals surface area contributed by atoms with Crippen LogP contribution in [0.15, 0.2) is 36.5 Å². The van der Waals surface area contributed by atoms with E-state index in [-0.39, 0.29) is 23.3 Å². The van der Waals surface area contributed by atoms with Crippen LogP contribution in [0.5, 0.6) is 0 Å². The van der Waals surface area contributed by atoms with Crippen molar-refractivity contribution in [2.45, 2.75) is 53.5 Å². The van der Waals surface area contributed by atoms with Crippen LogP contribution in [-0.4, -0.2) is 25.6 Å². The summed E-state index contributed by atoms with van der Waals surface area (Å²) in [4.78, 5) is 17.5. The Kier molecular flexibility index (Phi) is 6.52. The van der Waals surface area contributed by atoms with Gasteiger partial charge in [-0.1, -0.05) is 45.9 Å². The number of allylic oxidation sites excluding steroid dienone is 1. The third kappa shape index (κ3) is 5.38. The minimum atomic E-state index is -3.34. The summed E-state index contributed by atoms with van der Waals surface area (Å²) in [7, 11) is -3.34. The molecular weight excluding hydrogens is 422 g/mol. The molecule has 1 aromatic heterocycles. The molecule has 1 aromatic carbocycles. The fourth-order valence-electron chi connectivity index (χ4n) is 4.35. The Morgan fingerprint density at radius 1 is 1.19 bits per heavy atom. The summed E-state index contributed by atoms with van der Waals surface area (Å²) in [6.07, 6.45) is 7.03. The SMILES string of the molecule is Cc1cc([C@H](C)NC(=O)c2cnc3c(c2)C(C)C(C(C)(C)C)C=C3)ccc1NS(C)(=O)=O. The Balaban J connectivity index is 1.78. The zero-order valence-corrected chi connectivity index (χ0v) is 20.7. The minimum Gasteiger partial charge on any atom is -0.345 e. The number of carbonyl (C=O) groups excluding carboxylic acids is 1. The number of anilines is 1. The predicted octanol–water partition coefficient (Wildman–Crippen LogP) is 5.05. The highest BCUT2D eigenvalue weighted by molar-refractivity contribution is 7.92. The lowest BCUT2D eigenvalue weighted by Gasteiger charge is -2.36. The first-order valence-corrected chi connectivity index (χ1v) is 12.7. The van der Waals surface area contributed by atoms with Gasteiger partial charge in [-0.3, -0.25) is 14.5 Å². The molecule has 2 aromatic rings. The number of nitrogens with zero attached hydrogens (tertiary/aromatic N) is 1. The van der Waals surface area contributed by atoms with E-state index in [0.29, 0.717) is 17.2 Å². The predicted molar refractivity (Wildman–Crippen MR) is 130 cm³/mol. The van der Waals surface area contributed by atoms with Gasteiger partial charge in [0.2, 0.25) is 10.0 Å². The second-order valence-electron chi connectivity index (χ2n) is 9.88. The molecule has 3 atom stereocenters. The zero-order valence-electron chi connectivity index (χ0n) is 19.9. The highest BCUT2D eigenvalue weighted by atomic mass is 32.2. The van der Waals surface area contributed by atoms with Crippen molar-refractivity contribution in [3.63, 3.8) is 0 Å². The van der Waals surface area contributed by atoms with Gasteiger partial charge in [-0.25, -0.2) is 8.42 Å². The quantitative estimate of drug-likeness (QED) is 0.661. The van der Waals surface area contributed by atoms with E-state index in [1.165, 1.54) is 0 Å². The van der Waals surface area contributed by atoms with Gasteiger partial charge in [-0.2, -0.15) is 0 Å². The summed E-state index contributed by atoms with van der Waals surface area (Å²) >= 11 is 0. The smallest absolute Gasteiger partial charge is 0.253 e. The lowest BCUT2D eigenvalue weighted by atomic mass is 9.69. The van der Waals surface area contributed by atoms with Crippen molar-refractivity contribution in [3.8, 4) is 0 Å². The molecule has 1 aliphatic carbocycles. The molecular formula is C25H33N3O3S. The van der Waals surface area contributed by atoms with Crippen LogP contribution in [0.3, 0.4) is 0 Å². The summed E-state index contributed by atoms with van der Waals surface area (Å²) in [5, 5.41) is 3.03. The number of pyridine rings is 1. The van der Waals surface area contributed by atoms with Crippen LogP contribution in [-0.2, 0) is 10.0 Å². The number of hydrogen-bond donors (Lipinski definition) is 2. The second kappa shape index (κ2) is 8.70. The first-order valence-electron chi connectivity index (χ1n) is 10.8. The Morgan fingerprint density at radius 2 is 1.88 bits per heavy atom. The van der Waals surface area contributed by atoms with E-state index in [2.05, 4.69) is 54.9 Å². The molecule has 32 heavy (non-hydrogen) atoms. The number of amides is 1. The molecule has 0 saturated carbocycles. The van der Waals surface area contributed by atoms with E-state index in [4.69, 9.17) is 0 Å². The lowest BCUT2D eigenvalue weighted by Crippen LogP contribution is -2.29. The number of aryl methyl sites for hydroxylation is 1. The van der Waals surface area contributed by atoms with E-state index in [1.807, 2.05) is 32.0 Å². The number of fused-ring (bicyclic) bond motifs is 1. The van der Waals surface area contributed by atoms with E-state index < -0.39 is 10.0 Å². The molecule has 1 heterocycles. The van der Waals surface area contributed by atoms with Crippen molar-refractivity contribution in [2.75, 3.05) is 11.0 Å². The topological polar surface area (TPSA) is 88.2 Å². The molecule has 0 spiro atoms. The van der Waals surface area contributed by atoms with Crippen molar-refractivity contribution in [3.05, 3.63) is 64.5 Å². The van der Waals surface area contributed by atoms with Gasteiger partial charge in [0, 0.05) is 6.20 Å². The number of benzene rings is 1. The lowest BCUT2D eigenvalue weighted by molar-refractivity contribution is 0.0939. The number of aromatic nitrogens is 1. The van der Waals surface area contributed by atoms with E-state index in [1.54, 1.807) is 12.3 Å². The standard InChI is InChI=1S/C25H33N3O3S/c1-15-12-18(8-10-22(15)28-32(7,30)31)17(3)27-24(29)19-13-20-16(2)21(25(4,5)6)9-11-23(20)26-14-19/h8-14,16-17,21,28H,1-7H3,(H,27,29)/t16?,17-,21?/m0/s1. The van der Waals surface area contributed by atoms with Crippen molar-refractivity contribution in [1.29, 1.82) is 0 Å². The van der Waals surface area contributed by atoms with Crippen LogP contribution in [0.25, 0.3) is 6.08 Å². The van der Waals surface area contributed by atoms with E-state index in [0.717, 1.165) is 28.6 Å². The normalized spacial score (nSPS) is 19.2. The van der Waals surface area contributed by atoms with E-state index in [9.17, 15) is 13.2 Å². The summed E-state index contributed by atoms with van der Waals surface area (Å²) in [6.45, 7) is 12.6. The zero-order chi connectivity index (χ0) is 23.8. The number of rotatable bonds is 5. The third-order valence-electron chi connectivity index (χ3n) is 6.10. The average molecular weight is 456 g/mol. The molecule has 7 heteroatoms. The molecule has 2 unspecified atom stereocenters. The maximum Gasteiger partial charge on any atom is 0.253 e. The molecule has 172 valence electrons. The number of carbonyl (C=O) groups is 1. The summed E-state index contributed by atoms with van der Waals surface area (Å²) in [6, 6.07) is 7.13. The van der Waals surface area contributed by atoms with Gasteiger partial charge < -0.3 is 5.32 Å². The van der Waals surface area contributed by atoms with Crippen molar-refractivity contribution in [1.82, 2.24) is 10.3 Å². The van der Waals surface area contributed by atoms with Gasteiger partial charge in [0.25, 0.3) is 5.91 Å². The van der Waals surface area contributed by atoms with Crippen molar-refractivity contribution >= 4 is 27.7 Å². The van der Waals surface area contributed by atoms with Crippen LogP contribution in [0.1, 0.15) is 79.3 Å². The number of nitrogens with one attached hydrogen (secondary N) is 2. The van der Waals surface area contributed by atoms with E-state index >= 15 is 0 Å². The summed E-state index contributed by atoms with van der Waals surface area (Å²) in [5.41, 5.74) is 4.90. The van der Waals surface area contributed by atoms with Crippen LogP contribution < -0.4 is 10.0 Å². The monoisotopic (exact) mass is 455 g/mol. The number of hydrogen-bond acceptors (Lipinski definition) is 4. The Hall–Kier alpha value is -2.67. The Bertz CT molecular complexity index is 1160. The van der Waals surface area contributed by atoms with Gasteiger partial charge in [-0.15, -0.1) is 0 Å². The highest BCUT2D eigenvalue weighted by Gasteiger charge is 2.32. The summed E-state index contributed by atoms with van der Waals surface area (Å²) in [5.74, 6) is 0.458. The molecule has 1 amide bonds. The molecule has 0 aliphatic heterocycles. The van der Waals surface area contributed by atoms with Gasteiger partial charge in [0.05, 0.1) is 29.2 Å². The molecule has 0 fully saturated rings. The number of sulfonamides is 1. The minimum absolute atomic E-state index is 0.121. The maximum atomic E-state index is 13.0. The van der Waals surface area contributed by atoms with Crippen molar-refractivity contribution in [2.24, 2.45) is 11.3 Å². The summed E-state index contributed by atoms with van der Waals surface area (Å²) < 4.78 is 25.5. The Labute approximate surface area is 191 Å². The molecule has 3 rings (SSSR count). The maximum absolute atomic E-state index is 13.0. The fourth-order valence-corrected chi connectivity index (χ4v) is 4.98. The van der Waals surface area contributed by atoms with Crippen molar-refractivity contribution < 1.29 is 13.2 Å². The first-order chi connectivity index (χ1) is 14.8. The molecule has 0 saturated heterocycles. The molecule has 6 nitrogen and oxygen atoms in total. The molecule has 0 bridgehead atoms. The van der Waals surface area contributed by atoms with Gasteiger partial charge in [-0.05, 0) is 66.0 Å². The molecule has 2 N–H and O–H groups in total. The average Bonchev–Trinajstić information content (AvgIpc) is 2.67. The van der Waals surface area contributed by atoms with Gasteiger partial charge >= 0.3 is 0 Å². The molecule has 1 aliphatic rings. The molecule has 0 radical (unpaired) electrons. The van der Waals surface area contributed by atoms with Crippen LogP contribution in [0, 0.1) is 18.3 Å². The van der Waals surface area contributed by atoms with Gasteiger partial charge in [0.15, 0.2) is 0 Å². The van der Waals surface area contributed by atoms with Crippen LogP contribution in [0.2, 0.25) is 0 Å². The first kappa shape index (κ1) is 24.0. The largest absolute Gasteiger partial charge is 0.345 e. The van der Waals surface area contributed by atoms with Gasteiger partial charge in [0.1, 0.15) is 0 Å². The highest BCUT2D eigenvalue weighted by Crippen LogP contribution is 2.42.